The molecule has 0 unspecified atom stereocenters. The molecule has 0 saturated carbocycles. The number of nitro benzene ring substituents is 1. The Labute approximate surface area is 173 Å². The van der Waals surface area contributed by atoms with Gasteiger partial charge in [-0.1, -0.05) is 17.2 Å². The molecule has 2 heterocycles. The molecule has 0 fully saturated rings. The lowest BCUT2D eigenvalue weighted by atomic mass is 9.89. The maximum atomic E-state index is 14.0. The molecule has 0 spiro atoms. The number of nitrogens with zero attached hydrogens (tertiary/aromatic N) is 5. The smallest absolute Gasteiger partial charge is 0.355 e. The van der Waals surface area contributed by atoms with Crippen LogP contribution in [-0.2, 0) is 9.53 Å². The molecule has 1 aliphatic heterocycles. The van der Waals surface area contributed by atoms with Crippen LogP contribution < -0.4 is 5.32 Å². The number of tetrazole rings is 1. The Kier molecular flexibility index (Phi) is 4.95. The van der Waals surface area contributed by atoms with Crippen molar-refractivity contribution >= 4 is 23.4 Å². The summed E-state index contributed by atoms with van der Waals surface area (Å²) in [5.41, 5.74) is -0.151. The minimum atomic E-state index is -1.06. The second-order valence-corrected chi connectivity index (χ2v) is 6.44. The van der Waals surface area contributed by atoms with Crippen LogP contribution in [0.25, 0.3) is 0 Å². The van der Waals surface area contributed by atoms with Crippen molar-refractivity contribution in [2.24, 2.45) is 0 Å². The zero-order valence-electron chi connectivity index (χ0n) is 15.9. The molecule has 1 N–H and O–H groups in total. The van der Waals surface area contributed by atoms with Crippen LogP contribution in [0.5, 0.6) is 0 Å². The Hall–Kier alpha value is -4.48. The van der Waals surface area contributed by atoms with E-state index in [4.69, 9.17) is 4.74 Å². The molecule has 0 bridgehead atoms. The lowest BCUT2D eigenvalue weighted by Gasteiger charge is -2.28. The molecular formula is C19H13FN6O5. The van der Waals surface area contributed by atoms with E-state index < -0.39 is 28.5 Å². The molecule has 0 amide bonds. The van der Waals surface area contributed by atoms with E-state index in [9.17, 15) is 24.1 Å². The zero-order chi connectivity index (χ0) is 22.1. The monoisotopic (exact) mass is 424 g/mol. The van der Waals surface area contributed by atoms with Gasteiger partial charge in [0.2, 0.25) is 5.95 Å². The highest BCUT2D eigenvalue weighted by atomic mass is 19.1. The maximum Gasteiger partial charge on any atom is 0.355 e. The summed E-state index contributed by atoms with van der Waals surface area (Å²) in [6, 6.07) is 9.24. The van der Waals surface area contributed by atoms with Crippen molar-refractivity contribution in [3.05, 3.63) is 86.9 Å². The highest BCUT2D eigenvalue weighted by Crippen LogP contribution is 2.36. The van der Waals surface area contributed by atoms with Gasteiger partial charge in [-0.25, -0.2) is 9.18 Å². The van der Waals surface area contributed by atoms with E-state index in [-0.39, 0.29) is 28.5 Å². The largest absolute Gasteiger partial charge is 0.464 e. The molecule has 3 aromatic rings. The highest BCUT2D eigenvalue weighted by molar-refractivity contribution is 6.15. The number of nitrogens with one attached hydrogen (secondary N) is 1. The van der Waals surface area contributed by atoms with E-state index in [0.717, 1.165) is 7.11 Å². The second-order valence-electron chi connectivity index (χ2n) is 6.44. The quantitative estimate of drug-likeness (QED) is 0.282. The number of halogens is 1. The molecule has 12 heteroatoms. The predicted molar refractivity (Wildman–Crippen MR) is 102 cm³/mol. The van der Waals surface area contributed by atoms with Crippen LogP contribution in [0.4, 0.5) is 16.0 Å². The van der Waals surface area contributed by atoms with Gasteiger partial charge in [-0.05, 0) is 40.3 Å². The van der Waals surface area contributed by atoms with Crippen molar-refractivity contribution in [1.29, 1.82) is 0 Å². The highest BCUT2D eigenvalue weighted by Gasteiger charge is 2.38. The van der Waals surface area contributed by atoms with Gasteiger partial charge in [0.25, 0.3) is 5.69 Å². The Morgan fingerprint density at radius 2 is 1.97 bits per heavy atom. The van der Waals surface area contributed by atoms with Crippen LogP contribution >= 0.6 is 0 Å². The third-order valence-corrected chi connectivity index (χ3v) is 4.66. The van der Waals surface area contributed by atoms with E-state index in [0.29, 0.717) is 5.56 Å². The van der Waals surface area contributed by atoms with Crippen molar-refractivity contribution in [1.82, 2.24) is 20.2 Å². The van der Waals surface area contributed by atoms with Gasteiger partial charge in [0.1, 0.15) is 17.6 Å². The van der Waals surface area contributed by atoms with Gasteiger partial charge < -0.3 is 10.1 Å². The Bertz CT molecular complexity index is 1240. The fourth-order valence-corrected chi connectivity index (χ4v) is 3.26. The molecule has 1 aromatic heterocycles. The molecule has 1 atom stereocenters. The topological polar surface area (TPSA) is 142 Å². The summed E-state index contributed by atoms with van der Waals surface area (Å²) in [6.07, 6.45) is 0. The van der Waals surface area contributed by atoms with Crippen LogP contribution in [0.15, 0.2) is 59.8 Å². The van der Waals surface area contributed by atoms with Crippen molar-refractivity contribution in [2.45, 2.75) is 6.04 Å². The molecule has 31 heavy (non-hydrogen) atoms. The van der Waals surface area contributed by atoms with Gasteiger partial charge >= 0.3 is 5.97 Å². The average Bonchev–Trinajstić information content (AvgIpc) is 3.25. The zero-order valence-corrected chi connectivity index (χ0v) is 15.9. The van der Waals surface area contributed by atoms with Crippen LogP contribution in [0, 0.1) is 15.9 Å². The fourth-order valence-electron chi connectivity index (χ4n) is 3.26. The Balaban J connectivity index is 1.92. The van der Waals surface area contributed by atoms with Crippen LogP contribution in [0.1, 0.15) is 22.0 Å². The number of aromatic nitrogens is 4. The van der Waals surface area contributed by atoms with E-state index >= 15 is 0 Å². The number of carbonyl (C=O) groups excluding carboxylic acids is 2. The van der Waals surface area contributed by atoms with Crippen molar-refractivity contribution < 1.29 is 23.6 Å². The maximum absolute atomic E-state index is 14.0. The second kappa shape index (κ2) is 7.74. The van der Waals surface area contributed by atoms with Crippen molar-refractivity contribution in [2.75, 3.05) is 12.4 Å². The lowest BCUT2D eigenvalue weighted by Crippen LogP contribution is -2.33. The average molecular weight is 424 g/mol. The number of benzene rings is 2. The number of carbonyl (C=O) groups is 2. The number of fused-ring (bicyclic) bond motifs is 1. The van der Waals surface area contributed by atoms with Crippen LogP contribution in [0.3, 0.4) is 0 Å². The number of Topliss-reactive ketones (excluding diaryl/α,β-unsaturated/α-hetero) is 1. The number of anilines is 1. The van der Waals surface area contributed by atoms with Crippen molar-refractivity contribution in [3.63, 3.8) is 0 Å². The number of ketones is 1. The number of hydrogen-bond acceptors (Lipinski definition) is 9. The summed E-state index contributed by atoms with van der Waals surface area (Å²) in [6.45, 7) is 0. The molecule has 11 nitrogen and oxygen atoms in total. The van der Waals surface area contributed by atoms with Gasteiger partial charge in [0.05, 0.1) is 17.6 Å². The van der Waals surface area contributed by atoms with Gasteiger partial charge in [-0.2, -0.15) is 4.68 Å². The standard InChI is InChI=1S/C19H13FN6O5/c1-31-18(28)15-14(17(27)10-5-7-13(8-6-10)26(29)30)16(11-3-2-4-12(20)9-11)25-19(21-15)22-23-24-25/h2-9,16H,1H3,(H,21,22,24)/t16-/m1/s1. The Morgan fingerprint density at radius 3 is 2.61 bits per heavy atom. The third kappa shape index (κ3) is 3.50. The molecule has 1 aliphatic rings. The number of rotatable bonds is 5. The SMILES string of the molecule is COC(=O)C1=C(C(=O)c2ccc([N+](=O)[O-])cc2)[C@@H](c2cccc(F)c2)n2nnnc2N1. The van der Waals surface area contributed by atoms with E-state index in [2.05, 4.69) is 20.8 Å². The van der Waals surface area contributed by atoms with Crippen molar-refractivity contribution in [3.8, 4) is 0 Å². The first kappa shape index (κ1) is 19.8. The summed E-state index contributed by atoms with van der Waals surface area (Å²) in [5.74, 6) is -2.01. The van der Waals surface area contributed by atoms with Crippen LogP contribution in [0.2, 0.25) is 0 Å². The summed E-state index contributed by atoms with van der Waals surface area (Å²) in [7, 11) is 1.14. The summed E-state index contributed by atoms with van der Waals surface area (Å²) >= 11 is 0. The molecular weight excluding hydrogens is 411 g/mol. The minimum Gasteiger partial charge on any atom is -0.464 e. The third-order valence-electron chi connectivity index (χ3n) is 4.66. The first-order valence-electron chi connectivity index (χ1n) is 8.82. The number of hydrogen-bond donors (Lipinski definition) is 1. The summed E-state index contributed by atoms with van der Waals surface area (Å²) < 4.78 is 20.0. The molecule has 0 aliphatic carbocycles. The molecule has 156 valence electrons. The summed E-state index contributed by atoms with van der Waals surface area (Å²) in [4.78, 5) is 36.3. The van der Waals surface area contributed by atoms with E-state index in [1.54, 1.807) is 6.07 Å². The van der Waals surface area contributed by atoms with E-state index in [1.807, 2.05) is 0 Å². The fraction of sp³-hybridized carbons (Fsp3) is 0.105. The number of esters is 1. The van der Waals surface area contributed by atoms with Gasteiger partial charge in [0, 0.05) is 17.7 Å². The molecule has 4 rings (SSSR count). The minimum absolute atomic E-state index is 0.0508. The first-order chi connectivity index (χ1) is 14.9. The number of methoxy groups -OCH3 is 1. The lowest BCUT2D eigenvalue weighted by molar-refractivity contribution is -0.384. The molecule has 2 aromatic carbocycles. The number of allylic oxidation sites excluding steroid dienone is 1. The van der Waals surface area contributed by atoms with Gasteiger partial charge in [-0.15, -0.1) is 0 Å². The van der Waals surface area contributed by atoms with E-state index in [1.165, 1.54) is 47.1 Å². The van der Waals surface area contributed by atoms with Gasteiger partial charge in [0.15, 0.2) is 5.78 Å². The first-order valence-corrected chi connectivity index (χ1v) is 8.82. The van der Waals surface area contributed by atoms with Crippen LogP contribution in [-0.4, -0.2) is 44.0 Å². The molecule has 0 saturated heterocycles. The Morgan fingerprint density at radius 1 is 1.23 bits per heavy atom. The normalized spacial score (nSPS) is 15.1. The predicted octanol–water partition coefficient (Wildman–Crippen LogP) is 2.05. The van der Waals surface area contributed by atoms with Gasteiger partial charge in [-0.3, -0.25) is 14.9 Å². The summed E-state index contributed by atoms with van der Waals surface area (Å²) in [5, 5.41) is 24.8. The number of nitro groups is 1. The molecule has 0 radical (unpaired) electrons. The number of non-ortho nitro benzene ring substituents is 1. The number of ether oxygens (including phenoxy) is 1.